The van der Waals surface area contributed by atoms with E-state index in [1.807, 2.05) is 41.5 Å². The van der Waals surface area contributed by atoms with Gasteiger partial charge in [0.25, 0.3) is 0 Å². The minimum Gasteiger partial charge on any atom is -0.432 e. The molecule has 0 radical (unpaired) electrons. The highest BCUT2D eigenvalue weighted by atomic mass is 28.3. The molecule has 0 fully saturated rings. The second kappa shape index (κ2) is 55.7. The summed E-state index contributed by atoms with van der Waals surface area (Å²) in [6.07, 6.45) is -9.20. The molecule has 0 heterocycles. The van der Waals surface area contributed by atoms with Crippen molar-refractivity contribution in [3.05, 3.63) is 360 Å². The van der Waals surface area contributed by atoms with Gasteiger partial charge in [0.05, 0.1) is 44.8 Å². The van der Waals surface area contributed by atoms with Crippen molar-refractivity contribution in [3.63, 3.8) is 0 Å². The largest absolute Gasteiger partial charge is 0.549 e. The summed E-state index contributed by atoms with van der Waals surface area (Å²) < 4.78 is 39.4. The zero-order valence-corrected chi connectivity index (χ0v) is 81.3. The van der Waals surface area contributed by atoms with E-state index in [0.717, 1.165) is 33.4 Å². The molecule has 10 unspecified atom stereocenters. The molecule has 6 rings (SSSR count). The number of aryl methyl sites for hydroxylation is 6. The Morgan fingerprint density at radius 3 is 0.530 bits per heavy atom. The van der Waals surface area contributed by atoms with Crippen LogP contribution in [0.4, 0.5) is 28.8 Å². The summed E-state index contributed by atoms with van der Waals surface area (Å²) in [4.78, 5) is 239. The summed E-state index contributed by atoms with van der Waals surface area (Å²) in [5.74, 6) is -15.7. The highest BCUT2D eigenvalue weighted by Crippen LogP contribution is 2.48. The molecule has 0 aliphatic heterocycles. The summed E-state index contributed by atoms with van der Waals surface area (Å²) in [6, 6.07) is 36.1. The number of ether oxygens (including phenoxy) is 6. The van der Waals surface area contributed by atoms with Crippen molar-refractivity contribution in [1.82, 2.24) is 0 Å². The van der Waals surface area contributed by atoms with E-state index in [4.69, 9.17) is 87.1 Å². The van der Waals surface area contributed by atoms with Gasteiger partial charge >= 0.3 is 72.7 Å². The number of hydrogen-bond donors (Lipinski definition) is 0. The average molecular weight is 1910 g/mol. The summed E-state index contributed by atoms with van der Waals surface area (Å²) in [5, 5.41) is 0. The van der Waals surface area contributed by atoms with Crippen LogP contribution in [0.25, 0.3) is 0 Å². The number of carbonyl (C=O) groups is 12. The quantitative estimate of drug-likeness (QED) is 0.0113. The maximum Gasteiger partial charge on any atom is 0.549 e. The maximum atomic E-state index is 15.7. The second-order valence-corrected chi connectivity index (χ2v) is 46.1. The molecule has 0 amide bonds. The van der Waals surface area contributed by atoms with Gasteiger partial charge in [-0.15, -0.1) is 78.9 Å². The van der Waals surface area contributed by atoms with Crippen molar-refractivity contribution < 1.29 is 145 Å². The zero-order valence-electron chi connectivity index (χ0n) is 74.4. The van der Waals surface area contributed by atoms with Crippen LogP contribution in [0.2, 0.25) is 0 Å². The molecule has 0 aliphatic rings. The standard InChI is InChI=1S/C96H110O30Si6/c1-19-63-37-49-69(50-38-63)81(97)115-121-91(103)109-77(127(25-7)26-8)61-75(87(129(29-11)30-12)111-93(105)123-117-83(99)71-53-41-65(21-3)42-54-71)79(89(131(33-15)34-16)113-95(107)125-119-85(101)73-57-45-67(23-5)46-58-73)80(90(132(35-17)36-18)114-96(108)126-120-86(102)74-59-47-68(24-6)48-60-74)76(88(130(31-13)32-14)112-94(106)124-118-84(100)72-55-43-66(22-4)44-56-72)62-78(128(27-9)28-10)110-92(104)122-116-82(98)70-51-39-64(20-2)40-52-70/h25-60,75-80,87-90,127-132H,7-24,61-62H2,1-6H3. The summed E-state index contributed by atoms with van der Waals surface area (Å²) in [7, 11) is -22.0. The van der Waals surface area contributed by atoms with E-state index >= 15 is 19.2 Å². The van der Waals surface area contributed by atoms with E-state index in [9.17, 15) is 38.4 Å². The van der Waals surface area contributed by atoms with Gasteiger partial charge in [-0.3, -0.25) is 0 Å². The van der Waals surface area contributed by atoms with Gasteiger partial charge in [0.2, 0.25) is 0 Å². The zero-order chi connectivity index (χ0) is 96.9. The van der Waals surface area contributed by atoms with Gasteiger partial charge in [-0.2, -0.15) is 28.8 Å². The number of hydrogen-bond acceptors (Lipinski definition) is 30. The molecule has 6 aromatic rings. The molecular weight excluding hydrogens is 1800 g/mol. The number of carbonyl (C=O) groups excluding carboxylic acids is 12. The first-order chi connectivity index (χ1) is 63.6. The molecule has 132 heavy (non-hydrogen) atoms. The smallest absolute Gasteiger partial charge is 0.432 e. The minimum atomic E-state index is -3.86. The molecule has 30 nitrogen and oxygen atoms in total. The molecule has 36 heteroatoms. The fraction of sp³-hybridized carbons (Fsp3) is 0.250. The molecule has 10 atom stereocenters. The Morgan fingerprint density at radius 2 is 0.371 bits per heavy atom. The van der Waals surface area contributed by atoms with Crippen molar-refractivity contribution in [1.29, 1.82) is 0 Å². The molecule has 0 aliphatic carbocycles. The molecule has 0 bridgehead atoms. The molecule has 0 aromatic heterocycles. The highest BCUT2D eigenvalue weighted by Gasteiger charge is 2.58. The number of benzene rings is 6. The lowest BCUT2D eigenvalue weighted by atomic mass is 9.72. The Hall–Kier alpha value is -14.1. The highest BCUT2D eigenvalue weighted by molar-refractivity contribution is 6.73. The Kier molecular flexibility index (Phi) is 45.1. The Bertz CT molecular complexity index is 4680. The SMILES string of the molecule is C=C[SiH](C=C)C(CC(C(C(C(CC(OC(=O)OOC(=O)c1ccc(CC)cc1)[SiH](C=C)C=C)C(OC(=O)OOC(=O)c1ccc(CC)cc1)[SiH](C=C)C=C)C(OC(=O)OOC(=O)c1ccc(CC)cc1)[SiH](C=C)C=C)C(OC(=O)OOC(=O)c1ccc(CC)cc1)[SiH](C=C)C=C)C(OC(=O)OOC(=O)c1ccc(CC)cc1)[SiH](C=C)C=C)OC(=O)OOC(=O)c1ccc(CC)cc1. The van der Waals surface area contributed by atoms with Crippen LogP contribution in [0.5, 0.6) is 0 Å². The first-order valence-electron chi connectivity index (χ1n) is 42.2. The van der Waals surface area contributed by atoms with Crippen molar-refractivity contribution >= 4 is 126 Å². The third-order valence-electron chi connectivity index (χ3n) is 21.8. The Labute approximate surface area is 776 Å². The van der Waals surface area contributed by atoms with Crippen LogP contribution < -0.4 is 0 Å². The van der Waals surface area contributed by atoms with Gasteiger partial charge in [0.15, 0.2) is 0 Å². The van der Waals surface area contributed by atoms with E-state index < -0.39 is 196 Å². The van der Waals surface area contributed by atoms with Crippen molar-refractivity contribution in [2.45, 2.75) is 127 Å². The summed E-state index contributed by atoms with van der Waals surface area (Å²) in [6.45, 7) is 61.1. The third kappa shape index (κ3) is 31.7. The first-order valence-corrected chi connectivity index (χ1v) is 54.2. The van der Waals surface area contributed by atoms with Crippen LogP contribution in [0.3, 0.4) is 0 Å². The van der Waals surface area contributed by atoms with Crippen LogP contribution in [-0.2, 0) is 126 Å². The van der Waals surface area contributed by atoms with Gasteiger partial charge in [-0.1, -0.05) is 183 Å². The van der Waals surface area contributed by atoms with Crippen molar-refractivity contribution in [2.24, 2.45) is 23.7 Å². The minimum absolute atomic E-state index is 0.0835. The van der Waals surface area contributed by atoms with Gasteiger partial charge in [0.1, 0.15) is 75.7 Å². The fourth-order valence-electron chi connectivity index (χ4n) is 14.4. The molecule has 6 aromatic carbocycles. The van der Waals surface area contributed by atoms with Crippen LogP contribution in [0, 0.1) is 23.7 Å². The average Bonchev–Trinajstić information content (AvgIpc) is 0.751. The van der Waals surface area contributed by atoms with E-state index in [2.05, 4.69) is 78.9 Å². The summed E-state index contributed by atoms with van der Waals surface area (Å²) in [5.41, 5.74) is 8.23. The van der Waals surface area contributed by atoms with Gasteiger partial charge < -0.3 is 28.4 Å². The molecular formula is C96H110O30Si6. The van der Waals surface area contributed by atoms with E-state index in [1.54, 1.807) is 72.8 Å². The normalized spacial score (nSPS) is 13.1. The Morgan fingerprint density at radius 1 is 0.220 bits per heavy atom. The molecule has 0 spiro atoms. The van der Waals surface area contributed by atoms with Gasteiger partial charge in [-0.25, -0.2) is 87.4 Å². The lowest BCUT2D eigenvalue weighted by Gasteiger charge is -2.50. The topological polar surface area (TPSA) is 371 Å². The van der Waals surface area contributed by atoms with Crippen LogP contribution >= 0.6 is 0 Å². The molecule has 0 saturated carbocycles. The van der Waals surface area contributed by atoms with Crippen LogP contribution in [-0.4, -0.2) is 160 Å². The number of rotatable bonds is 47. The van der Waals surface area contributed by atoms with E-state index in [-0.39, 0.29) is 33.4 Å². The van der Waals surface area contributed by atoms with E-state index in [1.165, 1.54) is 141 Å². The lowest BCUT2D eigenvalue weighted by Crippen LogP contribution is -2.61. The predicted octanol–water partition coefficient (Wildman–Crippen LogP) is 16.7. The summed E-state index contributed by atoms with van der Waals surface area (Å²) >= 11 is 0. The second-order valence-electron chi connectivity index (χ2n) is 29.4. The third-order valence-corrected chi connectivity index (χ3v) is 36.3. The monoisotopic (exact) mass is 1910 g/mol. The first kappa shape index (κ1) is 107. The predicted molar refractivity (Wildman–Crippen MR) is 504 cm³/mol. The van der Waals surface area contributed by atoms with E-state index in [0.29, 0.717) is 38.5 Å². The van der Waals surface area contributed by atoms with Crippen LogP contribution in [0.15, 0.2) is 293 Å². The van der Waals surface area contributed by atoms with Gasteiger partial charge in [-0.05, 0) is 158 Å². The lowest BCUT2D eigenvalue weighted by molar-refractivity contribution is -0.218. The van der Waals surface area contributed by atoms with Crippen LogP contribution in [0.1, 0.15) is 150 Å². The molecule has 698 valence electrons. The molecule has 0 N–H and O–H groups in total. The fourth-order valence-corrected chi connectivity index (χ4v) is 25.9. The maximum absolute atomic E-state index is 15.7. The van der Waals surface area contributed by atoms with Crippen molar-refractivity contribution in [3.8, 4) is 0 Å². The van der Waals surface area contributed by atoms with Crippen molar-refractivity contribution in [2.75, 3.05) is 0 Å². The Balaban J connectivity index is 1.90. The van der Waals surface area contributed by atoms with Gasteiger partial charge in [0, 0.05) is 23.7 Å². The molecule has 0 saturated heterocycles.